The summed E-state index contributed by atoms with van der Waals surface area (Å²) in [6.45, 7) is 0.621. The molecule has 8 nitrogen and oxygen atoms in total. The summed E-state index contributed by atoms with van der Waals surface area (Å²) in [7, 11) is -2.53. The minimum absolute atomic E-state index is 0.0116. The van der Waals surface area contributed by atoms with E-state index in [0.29, 0.717) is 46.9 Å². The average molecular weight is 511 g/mol. The molecule has 0 aliphatic carbocycles. The lowest BCUT2D eigenvalue weighted by molar-refractivity contribution is 0.172. The number of benzene rings is 3. The summed E-state index contributed by atoms with van der Waals surface area (Å²) in [6, 6.07) is 16.6. The molecule has 0 atom stereocenters. The fourth-order valence-corrected chi connectivity index (χ4v) is 5.42. The van der Waals surface area contributed by atoms with Crippen LogP contribution in [0.5, 0.6) is 17.2 Å². The van der Waals surface area contributed by atoms with Crippen molar-refractivity contribution in [3.05, 3.63) is 94.0 Å². The average Bonchev–Trinajstić information content (AvgIpc) is 2.88. The second-order valence-corrected chi connectivity index (χ2v) is 10.2. The number of aromatic amines is 1. The van der Waals surface area contributed by atoms with E-state index < -0.39 is 21.4 Å². The first kappa shape index (κ1) is 23.8. The number of halogens is 1. The smallest absolute Gasteiger partial charge is 0.252 e. The van der Waals surface area contributed by atoms with Gasteiger partial charge < -0.3 is 19.2 Å². The van der Waals surface area contributed by atoms with Crippen LogP contribution in [-0.2, 0) is 23.1 Å². The molecule has 3 aromatic carbocycles. The first-order valence-electron chi connectivity index (χ1n) is 11.2. The predicted molar refractivity (Wildman–Crippen MR) is 131 cm³/mol. The molecule has 1 aliphatic rings. The molecule has 0 saturated heterocycles. The van der Waals surface area contributed by atoms with Gasteiger partial charge in [-0.1, -0.05) is 12.1 Å². The molecular weight excluding hydrogens is 487 g/mol. The molecule has 10 heteroatoms. The summed E-state index contributed by atoms with van der Waals surface area (Å²) in [4.78, 5) is 15.7. The van der Waals surface area contributed by atoms with Crippen LogP contribution in [0.2, 0.25) is 0 Å². The van der Waals surface area contributed by atoms with E-state index in [-0.39, 0.29) is 23.5 Å². The van der Waals surface area contributed by atoms with Crippen LogP contribution >= 0.6 is 0 Å². The highest BCUT2D eigenvalue weighted by molar-refractivity contribution is 7.89. The highest BCUT2D eigenvalue weighted by Crippen LogP contribution is 2.34. The van der Waals surface area contributed by atoms with Gasteiger partial charge in [-0.05, 0) is 54.1 Å². The minimum Gasteiger partial charge on any atom is -0.497 e. The SMILES string of the molecule is COc1ccc(CN(Cc2cc3cc4c(cc3[nH]c2=O)OCCO4)S(=O)(=O)c2ccc(F)cc2)cc1. The number of rotatable bonds is 7. The largest absolute Gasteiger partial charge is 0.497 e. The third kappa shape index (κ3) is 4.77. The zero-order valence-electron chi connectivity index (χ0n) is 19.4. The Morgan fingerprint density at radius 3 is 2.28 bits per heavy atom. The molecule has 0 radical (unpaired) electrons. The van der Waals surface area contributed by atoms with Crippen molar-refractivity contribution in [2.24, 2.45) is 0 Å². The molecule has 5 rings (SSSR count). The Morgan fingerprint density at radius 1 is 0.944 bits per heavy atom. The number of pyridine rings is 1. The number of ether oxygens (including phenoxy) is 3. The normalized spacial score (nSPS) is 13.2. The first-order chi connectivity index (χ1) is 17.3. The van der Waals surface area contributed by atoms with Gasteiger partial charge in [0.25, 0.3) is 5.56 Å². The Balaban J connectivity index is 1.54. The predicted octanol–water partition coefficient (Wildman–Crippen LogP) is 3.84. The molecule has 36 heavy (non-hydrogen) atoms. The number of methoxy groups -OCH3 is 1. The summed E-state index contributed by atoms with van der Waals surface area (Å²) in [6.07, 6.45) is 0. The van der Waals surface area contributed by atoms with Crippen molar-refractivity contribution < 1.29 is 27.0 Å². The van der Waals surface area contributed by atoms with Crippen LogP contribution in [0.4, 0.5) is 4.39 Å². The number of nitrogens with zero attached hydrogens (tertiary/aromatic N) is 1. The molecule has 186 valence electrons. The quantitative estimate of drug-likeness (QED) is 0.406. The maximum Gasteiger partial charge on any atom is 0.252 e. The van der Waals surface area contributed by atoms with Gasteiger partial charge in [-0.15, -0.1) is 0 Å². The number of aromatic nitrogens is 1. The van der Waals surface area contributed by atoms with Crippen LogP contribution in [0.25, 0.3) is 10.9 Å². The highest BCUT2D eigenvalue weighted by Gasteiger charge is 2.26. The van der Waals surface area contributed by atoms with Crippen molar-refractivity contribution in [1.82, 2.24) is 9.29 Å². The van der Waals surface area contributed by atoms with Gasteiger partial charge in [0.2, 0.25) is 10.0 Å². The molecule has 0 fully saturated rings. The van der Waals surface area contributed by atoms with Crippen molar-refractivity contribution in [2.45, 2.75) is 18.0 Å². The number of sulfonamides is 1. The Hall–Kier alpha value is -3.89. The molecule has 0 bridgehead atoms. The monoisotopic (exact) mass is 510 g/mol. The van der Waals surface area contributed by atoms with Gasteiger partial charge >= 0.3 is 0 Å². The van der Waals surface area contributed by atoms with Crippen LogP contribution in [0.15, 0.2) is 76.4 Å². The maximum absolute atomic E-state index is 13.6. The van der Waals surface area contributed by atoms with E-state index in [4.69, 9.17) is 14.2 Å². The molecule has 2 heterocycles. The lowest BCUT2D eigenvalue weighted by atomic mass is 10.1. The Labute approximate surface area is 206 Å². The van der Waals surface area contributed by atoms with Gasteiger partial charge in [0, 0.05) is 30.1 Å². The standard InChI is InChI=1S/C26H23FN2O6S/c1-33-21-6-2-17(3-7-21)15-29(36(31,32)22-8-4-20(27)5-9-22)16-19-12-18-13-24-25(35-11-10-34-24)14-23(18)28-26(19)30/h2-9,12-14H,10-11,15-16H2,1H3,(H,28,30). The number of hydrogen-bond donors (Lipinski definition) is 1. The van der Waals surface area contributed by atoms with Crippen molar-refractivity contribution in [3.8, 4) is 17.2 Å². The van der Waals surface area contributed by atoms with E-state index in [0.717, 1.165) is 12.1 Å². The summed E-state index contributed by atoms with van der Waals surface area (Å²) >= 11 is 0. The molecule has 0 saturated carbocycles. The van der Waals surface area contributed by atoms with Gasteiger partial charge in [0.15, 0.2) is 11.5 Å². The molecule has 4 aromatic rings. The topological polar surface area (TPSA) is 97.9 Å². The molecule has 1 N–H and O–H groups in total. The number of H-pyrrole nitrogens is 1. The van der Waals surface area contributed by atoms with Crippen molar-refractivity contribution in [2.75, 3.05) is 20.3 Å². The second-order valence-electron chi connectivity index (χ2n) is 8.28. The lowest BCUT2D eigenvalue weighted by Gasteiger charge is -2.23. The van der Waals surface area contributed by atoms with Crippen LogP contribution < -0.4 is 19.8 Å². The van der Waals surface area contributed by atoms with E-state index in [2.05, 4.69) is 4.98 Å². The maximum atomic E-state index is 13.6. The highest BCUT2D eigenvalue weighted by atomic mass is 32.2. The van der Waals surface area contributed by atoms with E-state index in [1.807, 2.05) is 0 Å². The zero-order valence-corrected chi connectivity index (χ0v) is 20.2. The van der Waals surface area contributed by atoms with E-state index in [1.54, 1.807) is 49.6 Å². The Morgan fingerprint density at radius 2 is 1.61 bits per heavy atom. The first-order valence-corrected chi connectivity index (χ1v) is 12.6. The van der Waals surface area contributed by atoms with E-state index in [9.17, 15) is 17.6 Å². The van der Waals surface area contributed by atoms with Gasteiger partial charge in [-0.3, -0.25) is 4.79 Å². The number of fused-ring (bicyclic) bond motifs is 2. The van der Waals surface area contributed by atoms with Gasteiger partial charge in [0.1, 0.15) is 24.8 Å². The van der Waals surface area contributed by atoms with E-state index >= 15 is 0 Å². The zero-order chi connectivity index (χ0) is 25.3. The molecule has 1 aromatic heterocycles. The van der Waals surface area contributed by atoms with Gasteiger partial charge in [0.05, 0.1) is 17.5 Å². The molecule has 0 unspecified atom stereocenters. The Bertz CT molecular complexity index is 1570. The van der Waals surface area contributed by atoms with Gasteiger partial charge in [-0.2, -0.15) is 4.31 Å². The molecular formula is C26H23FN2O6S. The van der Waals surface area contributed by atoms with E-state index in [1.165, 1.54) is 16.4 Å². The molecule has 1 aliphatic heterocycles. The van der Waals surface area contributed by atoms with Crippen LogP contribution in [-0.4, -0.2) is 38.0 Å². The van der Waals surface area contributed by atoms with Crippen molar-refractivity contribution in [1.29, 1.82) is 0 Å². The summed E-state index contributed by atoms with van der Waals surface area (Å²) in [5.74, 6) is 1.18. The van der Waals surface area contributed by atoms with Gasteiger partial charge in [-0.25, -0.2) is 12.8 Å². The van der Waals surface area contributed by atoms with Crippen molar-refractivity contribution >= 4 is 20.9 Å². The minimum atomic E-state index is -4.08. The molecule has 0 amide bonds. The third-order valence-corrected chi connectivity index (χ3v) is 7.71. The summed E-state index contributed by atoms with van der Waals surface area (Å²) in [5.41, 5.74) is 1.07. The molecule has 0 spiro atoms. The van der Waals surface area contributed by atoms with Crippen molar-refractivity contribution in [3.63, 3.8) is 0 Å². The second kappa shape index (κ2) is 9.63. The fraction of sp³-hybridized carbons (Fsp3) is 0.192. The summed E-state index contributed by atoms with van der Waals surface area (Å²) < 4.78 is 58.2. The van der Waals surface area contributed by atoms with Crippen LogP contribution in [0.3, 0.4) is 0 Å². The number of hydrogen-bond acceptors (Lipinski definition) is 6. The Kier molecular flexibility index (Phi) is 6.38. The van der Waals surface area contributed by atoms with Crippen LogP contribution in [0, 0.1) is 5.82 Å². The summed E-state index contributed by atoms with van der Waals surface area (Å²) in [5, 5.41) is 0.678. The lowest BCUT2D eigenvalue weighted by Crippen LogP contribution is -2.32. The fourth-order valence-electron chi connectivity index (χ4n) is 4.01. The number of nitrogens with one attached hydrogen (secondary N) is 1. The van der Waals surface area contributed by atoms with Crippen LogP contribution in [0.1, 0.15) is 11.1 Å². The third-order valence-electron chi connectivity index (χ3n) is 5.90.